The van der Waals surface area contributed by atoms with Crippen molar-refractivity contribution in [2.45, 2.75) is 58.2 Å². The van der Waals surface area contributed by atoms with Crippen LogP contribution in [0.2, 0.25) is 0 Å². The van der Waals surface area contributed by atoms with Crippen LogP contribution in [0.15, 0.2) is 72.7 Å². The molecule has 0 fully saturated rings. The summed E-state index contributed by atoms with van der Waals surface area (Å²) in [5.74, 6) is 0. The summed E-state index contributed by atoms with van der Waals surface area (Å²) in [6.45, 7) is 3.77. The fourth-order valence-corrected chi connectivity index (χ4v) is 4.28. The molecular weight excluding hydrogens is 380 g/mol. The third kappa shape index (κ3) is 5.71. The summed E-state index contributed by atoms with van der Waals surface area (Å²) in [6.07, 6.45) is 12.3. The first-order valence-corrected chi connectivity index (χ1v) is 11.2. The highest BCUT2D eigenvalue weighted by atomic mass is 15.1. The van der Waals surface area contributed by atoms with E-state index in [2.05, 4.69) is 58.2 Å². The zero-order valence-electron chi connectivity index (χ0n) is 18.2. The molecule has 0 saturated heterocycles. The lowest BCUT2D eigenvalue weighted by Gasteiger charge is -2.16. The predicted octanol–water partition coefficient (Wildman–Crippen LogP) is 5.31. The average Bonchev–Trinajstić information content (AvgIpc) is 3.10. The molecule has 1 heterocycles. The number of aromatic nitrogens is 2. The van der Waals surface area contributed by atoms with Gasteiger partial charge in [0.1, 0.15) is 0 Å². The van der Waals surface area contributed by atoms with Crippen LogP contribution < -0.4 is 5.32 Å². The number of hydrogen-bond donors (Lipinski definition) is 1. The molecule has 0 aliphatic heterocycles. The number of imidazole rings is 1. The minimum absolute atomic E-state index is 0.403. The number of aryl methyl sites for hydroxylation is 1. The average molecular weight is 411 g/mol. The molecule has 4 rings (SSSR count). The highest BCUT2D eigenvalue weighted by molar-refractivity contribution is 5.32. The number of hydrogen-bond acceptors (Lipinski definition) is 3. The number of allylic oxidation sites excluding steroid dienone is 1. The largest absolute Gasteiger partial charge is 0.329 e. The van der Waals surface area contributed by atoms with Gasteiger partial charge in [0.15, 0.2) is 0 Å². The molecule has 4 heteroatoms. The maximum atomic E-state index is 8.98. The van der Waals surface area contributed by atoms with Gasteiger partial charge in [0.25, 0.3) is 0 Å². The summed E-state index contributed by atoms with van der Waals surface area (Å²) in [4.78, 5) is 4.37. The summed E-state index contributed by atoms with van der Waals surface area (Å²) >= 11 is 0. The van der Waals surface area contributed by atoms with Crippen LogP contribution in [-0.4, -0.2) is 15.6 Å². The van der Waals surface area contributed by atoms with Crippen molar-refractivity contribution in [1.82, 2.24) is 14.9 Å². The second kappa shape index (κ2) is 10.2. The lowest BCUT2D eigenvalue weighted by atomic mass is 9.97. The molecule has 0 amide bonds. The summed E-state index contributed by atoms with van der Waals surface area (Å²) in [5.41, 5.74) is 7.42. The van der Waals surface area contributed by atoms with Crippen molar-refractivity contribution in [1.29, 1.82) is 5.26 Å². The van der Waals surface area contributed by atoms with Crippen LogP contribution in [0.1, 0.15) is 53.6 Å². The first-order valence-electron chi connectivity index (χ1n) is 11.2. The van der Waals surface area contributed by atoms with E-state index < -0.39 is 0 Å². The molecule has 0 radical (unpaired) electrons. The third-order valence-electron chi connectivity index (χ3n) is 6.16. The number of nitrogens with zero attached hydrogens (tertiary/aromatic N) is 3. The molecule has 1 unspecified atom stereocenters. The van der Waals surface area contributed by atoms with Gasteiger partial charge in [-0.25, -0.2) is 4.98 Å². The smallest absolute Gasteiger partial charge is 0.0991 e. The standard InChI is InChI=1S/C27H30N4/c1-21-6-2-4-8-25(21)14-24-7-3-5-9-26(15-24)30-18-27-17-29-20-31(27)19-23-12-10-22(16-28)11-13-23/h2,4,6,8,10-13,15,17,20,26,30H,3,5,7,9,14,18-19H2,1H3. The number of rotatable bonds is 7. The Morgan fingerprint density at radius 3 is 2.77 bits per heavy atom. The van der Waals surface area contributed by atoms with Crippen molar-refractivity contribution in [2.24, 2.45) is 0 Å². The van der Waals surface area contributed by atoms with Gasteiger partial charge < -0.3 is 9.88 Å². The molecule has 1 aliphatic rings. The quantitative estimate of drug-likeness (QED) is 0.537. The second-order valence-corrected chi connectivity index (χ2v) is 8.48. The molecule has 0 saturated carbocycles. The van der Waals surface area contributed by atoms with Crippen LogP contribution in [0, 0.1) is 18.3 Å². The van der Waals surface area contributed by atoms with E-state index in [0.29, 0.717) is 11.6 Å². The van der Waals surface area contributed by atoms with Gasteiger partial charge in [0, 0.05) is 25.3 Å². The van der Waals surface area contributed by atoms with E-state index in [9.17, 15) is 0 Å². The highest BCUT2D eigenvalue weighted by Gasteiger charge is 2.14. The summed E-state index contributed by atoms with van der Waals surface area (Å²) in [6, 6.07) is 19.1. The van der Waals surface area contributed by atoms with Crippen molar-refractivity contribution in [3.05, 3.63) is 101 Å². The SMILES string of the molecule is Cc1ccccc1CC1=CC(NCc2cncn2Cc2ccc(C#N)cc2)CCCC1. The summed E-state index contributed by atoms with van der Waals surface area (Å²) in [7, 11) is 0. The van der Waals surface area contributed by atoms with Gasteiger partial charge in [0.2, 0.25) is 0 Å². The van der Waals surface area contributed by atoms with Crippen molar-refractivity contribution < 1.29 is 0 Å². The van der Waals surface area contributed by atoms with Crippen molar-refractivity contribution in [2.75, 3.05) is 0 Å². The van der Waals surface area contributed by atoms with Crippen LogP contribution in [0.3, 0.4) is 0 Å². The Balaban J connectivity index is 1.39. The Morgan fingerprint density at radius 2 is 1.97 bits per heavy atom. The van der Waals surface area contributed by atoms with Crippen LogP contribution in [0.4, 0.5) is 0 Å². The molecule has 0 bridgehead atoms. The van der Waals surface area contributed by atoms with Crippen molar-refractivity contribution in [3.8, 4) is 6.07 Å². The van der Waals surface area contributed by atoms with Gasteiger partial charge in [-0.1, -0.05) is 54.5 Å². The van der Waals surface area contributed by atoms with E-state index in [1.165, 1.54) is 48.1 Å². The number of nitrogens with one attached hydrogen (secondary N) is 1. The molecule has 3 aromatic rings. The maximum Gasteiger partial charge on any atom is 0.0991 e. The molecule has 1 N–H and O–H groups in total. The van der Waals surface area contributed by atoms with E-state index in [0.717, 1.165) is 19.5 Å². The predicted molar refractivity (Wildman–Crippen MR) is 125 cm³/mol. The van der Waals surface area contributed by atoms with Crippen molar-refractivity contribution in [3.63, 3.8) is 0 Å². The van der Waals surface area contributed by atoms with Crippen LogP contribution in [0.25, 0.3) is 0 Å². The van der Waals surface area contributed by atoms with E-state index in [1.54, 1.807) is 5.57 Å². The van der Waals surface area contributed by atoms with Gasteiger partial charge in [-0.2, -0.15) is 5.26 Å². The minimum Gasteiger partial charge on any atom is -0.329 e. The lowest BCUT2D eigenvalue weighted by Crippen LogP contribution is -2.27. The molecule has 31 heavy (non-hydrogen) atoms. The van der Waals surface area contributed by atoms with E-state index >= 15 is 0 Å². The first-order chi connectivity index (χ1) is 15.2. The zero-order chi connectivity index (χ0) is 21.5. The Labute approximate surface area is 185 Å². The lowest BCUT2D eigenvalue weighted by molar-refractivity contribution is 0.525. The van der Waals surface area contributed by atoms with Crippen LogP contribution >= 0.6 is 0 Å². The van der Waals surface area contributed by atoms with Crippen LogP contribution in [-0.2, 0) is 19.5 Å². The molecule has 1 aromatic heterocycles. The second-order valence-electron chi connectivity index (χ2n) is 8.48. The number of nitriles is 1. The normalized spacial score (nSPS) is 16.4. The Bertz CT molecular complexity index is 1070. The Kier molecular flexibility index (Phi) is 6.96. The topological polar surface area (TPSA) is 53.6 Å². The fraction of sp³-hybridized carbons (Fsp3) is 0.333. The van der Waals surface area contributed by atoms with Gasteiger partial charge in [-0.15, -0.1) is 0 Å². The maximum absolute atomic E-state index is 8.98. The molecule has 1 aliphatic carbocycles. The molecule has 158 valence electrons. The summed E-state index contributed by atoms with van der Waals surface area (Å²) < 4.78 is 2.18. The number of benzene rings is 2. The summed E-state index contributed by atoms with van der Waals surface area (Å²) in [5, 5.41) is 12.7. The Hall–Kier alpha value is -3.16. The van der Waals surface area contributed by atoms with E-state index in [-0.39, 0.29) is 0 Å². The fourth-order valence-electron chi connectivity index (χ4n) is 4.28. The highest BCUT2D eigenvalue weighted by Crippen LogP contribution is 2.23. The first kappa shape index (κ1) is 21.1. The van der Waals surface area contributed by atoms with Gasteiger partial charge in [-0.3, -0.25) is 0 Å². The molecule has 1 atom stereocenters. The van der Waals surface area contributed by atoms with Crippen LogP contribution in [0.5, 0.6) is 0 Å². The van der Waals surface area contributed by atoms with Gasteiger partial charge in [-0.05, 0) is 61.4 Å². The zero-order valence-corrected chi connectivity index (χ0v) is 18.2. The third-order valence-corrected chi connectivity index (χ3v) is 6.16. The molecule has 2 aromatic carbocycles. The van der Waals surface area contributed by atoms with Crippen molar-refractivity contribution >= 4 is 0 Å². The minimum atomic E-state index is 0.403. The van der Waals surface area contributed by atoms with E-state index in [1.807, 2.05) is 36.8 Å². The van der Waals surface area contributed by atoms with Gasteiger partial charge in [0.05, 0.1) is 23.7 Å². The molecule has 4 nitrogen and oxygen atoms in total. The van der Waals surface area contributed by atoms with Gasteiger partial charge >= 0.3 is 0 Å². The molecule has 0 spiro atoms. The van der Waals surface area contributed by atoms with E-state index in [4.69, 9.17) is 5.26 Å². The molecular formula is C27H30N4. The Morgan fingerprint density at radius 1 is 1.13 bits per heavy atom. The monoisotopic (exact) mass is 410 g/mol.